The van der Waals surface area contributed by atoms with Gasteiger partial charge in [0, 0.05) is 10.6 Å². The Labute approximate surface area is 201 Å². The highest BCUT2D eigenvalue weighted by molar-refractivity contribution is 14.2. The summed E-state index contributed by atoms with van der Waals surface area (Å²) in [5, 5.41) is 23.7. The summed E-state index contributed by atoms with van der Waals surface area (Å²) < 4.78 is 6.98. The monoisotopic (exact) mass is 572 g/mol. The topological polar surface area (TPSA) is 77.8 Å². The number of carbonyl (C=O) groups excluding carboxylic acids is 1. The number of ketones is 1. The predicted molar refractivity (Wildman–Crippen MR) is 135 cm³/mol. The molecular formula is C22H20IO4PS2. The molecule has 1 atom stereocenters. The molecule has 0 aliphatic heterocycles. The van der Waals surface area contributed by atoms with Crippen LogP contribution >= 0.6 is 38.8 Å². The van der Waals surface area contributed by atoms with E-state index in [1.807, 2.05) is 19.9 Å². The average molecular weight is 572 g/mol. The van der Waals surface area contributed by atoms with E-state index in [2.05, 4.69) is 39.0 Å². The van der Waals surface area contributed by atoms with Crippen LogP contribution in [0.1, 0.15) is 32.3 Å². The van der Waals surface area contributed by atoms with E-state index in [1.54, 1.807) is 42.5 Å². The number of phenols is 3. The number of phenolic OH excluding ortho intramolecular Hbond substituents is 3. The number of hydrogen-bond donors (Lipinski definition) is 3. The summed E-state index contributed by atoms with van der Waals surface area (Å²) in [5.41, 5.74) is 3.18. The molecule has 30 heavy (non-hydrogen) atoms. The SMILES string of the molecule is S=PI.[3H]Oc1ccc(C(Sc2cc(C)c(C)cc2O)C(=O)c2ccc(O)cc2)cc1. The van der Waals surface area contributed by atoms with E-state index < -0.39 is 5.25 Å². The standard InChI is InChI=1S/C22H20O4S.IPS/c1-13-11-19(25)20(12-14(13)2)27-22(16-5-9-18(24)10-6-16)21(26)15-3-7-17(23)8-4-15;1-2-3/h3-12,22-25H,1-2H3;/i/hT. The smallest absolute Gasteiger partial charge is 0.293 e. The van der Waals surface area contributed by atoms with Gasteiger partial charge >= 0.3 is 0 Å². The van der Waals surface area contributed by atoms with Crippen molar-refractivity contribution in [3.63, 3.8) is 0 Å². The van der Waals surface area contributed by atoms with Gasteiger partial charge in [-0.05, 0) is 113 Å². The molecule has 0 saturated heterocycles. The molecule has 1 unspecified atom stereocenters. The van der Waals surface area contributed by atoms with Gasteiger partial charge < -0.3 is 15.3 Å². The van der Waals surface area contributed by atoms with Gasteiger partial charge in [0.2, 0.25) is 0 Å². The molecule has 3 rings (SSSR count). The van der Waals surface area contributed by atoms with E-state index in [0.717, 1.165) is 21.7 Å². The maximum Gasteiger partial charge on any atom is 0.293 e. The first-order valence-electron chi connectivity index (χ1n) is 9.18. The summed E-state index contributed by atoms with van der Waals surface area (Å²) in [5.74, 6) is 0.438. The summed E-state index contributed by atoms with van der Waals surface area (Å²) in [7, 11) is 0. The lowest BCUT2D eigenvalue weighted by molar-refractivity contribution is 0.0989. The maximum absolute atomic E-state index is 13.2. The minimum Gasteiger partial charge on any atom is -0.508 e. The zero-order valence-corrected chi connectivity index (χ0v) is 20.9. The third-order valence-corrected chi connectivity index (χ3v) is 5.70. The zero-order valence-electron chi connectivity index (χ0n) is 17.2. The van der Waals surface area contributed by atoms with Crippen LogP contribution in [0.4, 0.5) is 0 Å². The van der Waals surface area contributed by atoms with Gasteiger partial charge in [-0.25, -0.2) is 0 Å². The number of halogens is 1. The Balaban J connectivity index is 0.00000107. The van der Waals surface area contributed by atoms with Crippen molar-refractivity contribution in [3.8, 4) is 17.2 Å². The van der Waals surface area contributed by atoms with Crippen LogP contribution in [-0.4, -0.2) is 22.5 Å². The molecule has 0 amide bonds. The summed E-state index contributed by atoms with van der Waals surface area (Å²) in [4.78, 5) is 14.8. The van der Waals surface area contributed by atoms with Crippen molar-refractivity contribution in [2.45, 2.75) is 24.0 Å². The van der Waals surface area contributed by atoms with Gasteiger partial charge in [0.25, 0.3) is 1.43 Å². The van der Waals surface area contributed by atoms with Crippen molar-refractivity contribution >= 4 is 56.4 Å². The summed E-state index contributed by atoms with van der Waals surface area (Å²) >= 11 is 7.69. The molecule has 0 fully saturated rings. The Hall–Kier alpha value is -1.67. The number of Topliss-reactive ketones (excluding diaryl/α,β-unsaturated/α-hetero) is 1. The second-order valence-corrected chi connectivity index (χ2v) is 11.7. The maximum atomic E-state index is 13.2. The Kier molecular flexibility index (Phi) is 8.93. The first-order valence-corrected chi connectivity index (χ1v) is 14.3. The van der Waals surface area contributed by atoms with Gasteiger partial charge in [-0.15, -0.1) is 11.8 Å². The molecule has 0 heterocycles. The molecule has 3 aromatic rings. The van der Waals surface area contributed by atoms with Crippen LogP contribution in [0, 0.1) is 13.8 Å². The van der Waals surface area contributed by atoms with E-state index in [4.69, 9.17) is 1.43 Å². The molecule has 0 aliphatic carbocycles. The first-order chi connectivity index (χ1) is 14.8. The molecular weight excluding hydrogens is 550 g/mol. The molecule has 0 aromatic heterocycles. The number of rotatable bonds is 6. The predicted octanol–water partition coefficient (Wildman–Crippen LogP) is 6.88. The van der Waals surface area contributed by atoms with E-state index >= 15 is 0 Å². The van der Waals surface area contributed by atoms with Gasteiger partial charge in [-0.3, -0.25) is 4.79 Å². The van der Waals surface area contributed by atoms with Gasteiger partial charge in [0.05, 0.1) is 10.1 Å². The number of hydrogen-bond acceptors (Lipinski definition) is 6. The van der Waals surface area contributed by atoms with Crippen molar-refractivity contribution in [3.05, 3.63) is 82.9 Å². The van der Waals surface area contributed by atoms with Gasteiger partial charge in [-0.2, -0.15) is 0 Å². The van der Waals surface area contributed by atoms with Gasteiger partial charge in [-0.1, -0.05) is 12.1 Å². The molecule has 156 valence electrons. The van der Waals surface area contributed by atoms with Crippen LogP contribution in [0.2, 0.25) is 0 Å². The van der Waals surface area contributed by atoms with Crippen LogP contribution in [0.15, 0.2) is 65.6 Å². The quantitative estimate of drug-likeness (QED) is 0.129. The Morgan fingerprint density at radius 1 is 1.03 bits per heavy atom. The fourth-order valence-electron chi connectivity index (χ4n) is 2.69. The molecule has 8 heteroatoms. The molecule has 3 N–H and O–H groups in total. The fraction of sp³-hybridized carbons (Fsp3) is 0.136. The van der Waals surface area contributed by atoms with Crippen molar-refractivity contribution in [1.29, 1.82) is 1.43 Å². The molecule has 0 aliphatic rings. The highest BCUT2D eigenvalue weighted by Crippen LogP contribution is 2.42. The summed E-state index contributed by atoms with van der Waals surface area (Å²) in [6, 6.07) is 16.4. The van der Waals surface area contributed by atoms with Crippen molar-refractivity contribution < 1.29 is 20.1 Å². The van der Waals surface area contributed by atoms with Crippen LogP contribution in [0.3, 0.4) is 0 Å². The molecule has 0 radical (unpaired) electrons. The highest BCUT2D eigenvalue weighted by Gasteiger charge is 2.25. The molecule has 0 spiro atoms. The molecule has 4 nitrogen and oxygen atoms in total. The average Bonchev–Trinajstić information content (AvgIpc) is 2.76. The molecule has 3 aromatic carbocycles. The lowest BCUT2D eigenvalue weighted by Crippen LogP contribution is -2.10. The van der Waals surface area contributed by atoms with Gasteiger partial charge in [0.15, 0.2) is 5.78 Å². The number of benzene rings is 3. The number of aromatic hydroxyl groups is 3. The van der Waals surface area contributed by atoms with E-state index in [9.17, 15) is 15.0 Å². The largest absolute Gasteiger partial charge is 0.508 e. The van der Waals surface area contributed by atoms with Crippen molar-refractivity contribution in [1.82, 2.24) is 0 Å². The van der Waals surface area contributed by atoms with E-state index in [-0.39, 0.29) is 17.3 Å². The van der Waals surface area contributed by atoms with Crippen LogP contribution in [0.25, 0.3) is 0 Å². The summed E-state index contributed by atoms with van der Waals surface area (Å²) in [6.45, 7) is 3.87. The Morgan fingerprint density at radius 3 is 2.13 bits per heavy atom. The van der Waals surface area contributed by atoms with E-state index in [0.29, 0.717) is 16.2 Å². The van der Waals surface area contributed by atoms with Gasteiger partial charge in [0.1, 0.15) is 17.2 Å². The second kappa shape index (κ2) is 11.6. The zero-order chi connectivity index (χ0) is 23.0. The molecule has 0 bridgehead atoms. The highest BCUT2D eigenvalue weighted by atomic mass is 127. The van der Waals surface area contributed by atoms with Crippen molar-refractivity contribution in [2.75, 3.05) is 0 Å². The third kappa shape index (κ3) is 6.67. The number of aryl methyl sites for hydroxylation is 2. The number of thioether (sulfide) groups is 1. The normalized spacial score (nSPS) is 11.8. The minimum absolute atomic E-state index is 0.0875. The Bertz CT molecular complexity index is 1050. The van der Waals surface area contributed by atoms with Crippen LogP contribution < -0.4 is 0 Å². The lowest BCUT2D eigenvalue weighted by atomic mass is 10.0. The fourth-order valence-corrected chi connectivity index (χ4v) is 3.90. The van der Waals surface area contributed by atoms with E-state index in [1.165, 1.54) is 23.9 Å². The third-order valence-electron chi connectivity index (χ3n) is 4.39. The van der Waals surface area contributed by atoms with Crippen LogP contribution in [-0.2, 0) is 11.8 Å². The number of carbonyl (C=O) groups is 1. The summed E-state index contributed by atoms with van der Waals surface area (Å²) in [6.07, 6.45) is 0. The second-order valence-electron chi connectivity index (χ2n) is 6.45. The lowest BCUT2D eigenvalue weighted by Gasteiger charge is -2.18. The molecule has 0 saturated carbocycles. The van der Waals surface area contributed by atoms with Crippen LogP contribution in [0.5, 0.6) is 17.2 Å². The minimum atomic E-state index is -0.614. The van der Waals surface area contributed by atoms with Crippen molar-refractivity contribution in [2.24, 2.45) is 0 Å². The first kappa shape index (κ1) is 23.0. The Morgan fingerprint density at radius 2 is 1.57 bits per heavy atom.